The summed E-state index contributed by atoms with van der Waals surface area (Å²) in [5.74, 6) is -0.0807. The van der Waals surface area contributed by atoms with Gasteiger partial charge in [-0.25, -0.2) is 0 Å². The number of nitrogens with one attached hydrogen (secondary N) is 2. The molecule has 7 nitrogen and oxygen atoms in total. The zero-order valence-corrected chi connectivity index (χ0v) is 19.3. The fraction of sp³-hybridized carbons (Fsp3) is 0.222. The van der Waals surface area contributed by atoms with Crippen LogP contribution in [0, 0.1) is 0 Å². The molecule has 0 aliphatic heterocycles. The smallest absolute Gasteiger partial charge is 0.308 e. The molecule has 3 aromatic rings. The summed E-state index contributed by atoms with van der Waals surface area (Å²) in [4.78, 5) is 35.8. The third kappa shape index (κ3) is 7.78. The van der Waals surface area contributed by atoms with Gasteiger partial charge in [-0.2, -0.15) is 0 Å². The Balaban J connectivity index is 1.50. The van der Waals surface area contributed by atoms with Crippen molar-refractivity contribution in [3.8, 4) is 11.5 Å². The van der Waals surface area contributed by atoms with E-state index in [0.29, 0.717) is 22.7 Å². The Morgan fingerprint density at radius 3 is 2.35 bits per heavy atom. The molecule has 0 radical (unpaired) electrons. The van der Waals surface area contributed by atoms with E-state index in [-0.39, 0.29) is 25.0 Å². The maximum atomic E-state index is 12.5. The van der Waals surface area contributed by atoms with Gasteiger partial charge in [0.15, 0.2) is 6.61 Å². The van der Waals surface area contributed by atoms with E-state index in [1.165, 1.54) is 18.6 Å². The molecule has 0 heterocycles. The highest BCUT2D eigenvalue weighted by Gasteiger charge is 2.09. The molecular formula is C27H28N2O5. The summed E-state index contributed by atoms with van der Waals surface area (Å²) in [7, 11) is 0. The Morgan fingerprint density at radius 2 is 1.62 bits per heavy atom. The Morgan fingerprint density at radius 1 is 0.853 bits per heavy atom. The van der Waals surface area contributed by atoms with Crippen LogP contribution in [0.5, 0.6) is 11.5 Å². The van der Waals surface area contributed by atoms with Crippen molar-refractivity contribution in [2.24, 2.45) is 0 Å². The number of carbonyl (C=O) groups excluding carboxylic acids is 3. The van der Waals surface area contributed by atoms with Crippen LogP contribution in [-0.4, -0.2) is 24.4 Å². The van der Waals surface area contributed by atoms with E-state index >= 15 is 0 Å². The lowest BCUT2D eigenvalue weighted by Crippen LogP contribution is -2.23. The highest BCUT2D eigenvalue weighted by Crippen LogP contribution is 2.16. The molecule has 0 aliphatic carbocycles. The Bertz CT molecular complexity index is 1140. The first-order valence-corrected chi connectivity index (χ1v) is 11.1. The maximum absolute atomic E-state index is 12.5. The summed E-state index contributed by atoms with van der Waals surface area (Å²) >= 11 is 0. The minimum Gasteiger partial charge on any atom is -0.484 e. The zero-order chi connectivity index (χ0) is 24.3. The molecule has 0 bridgehead atoms. The quantitative estimate of drug-likeness (QED) is 0.343. The fourth-order valence-corrected chi connectivity index (χ4v) is 3.30. The van der Waals surface area contributed by atoms with E-state index in [1.807, 2.05) is 30.3 Å². The van der Waals surface area contributed by atoms with Crippen LogP contribution in [0.3, 0.4) is 0 Å². The molecule has 3 rings (SSSR count). The van der Waals surface area contributed by atoms with Gasteiger partial charge in [0.05, 0.1) is 0 Å². The van der Waals surface area contributed by atoms with Crippen LogP contribution in [0.1, 0.15) is 41.8 Å². The minimum atomic E-state index is -0.452. The first kappa shape index (κ1) is 24.5. The number of aryl methyl sites for hydroxylation is 1. The standard InChI is InChI=1S/C27H28N2O5/c1-3-6-20-11-13-24(14-12-20)33-18-26(31)29-23-9-4-7-21(15-23)17-28-27(32)22-8-5-10-25(16-22)34-19(2)30/h4-5,7-16H,3,6,17-18H2,1-2H3,(H,28,32)(H,29,31). The summed E-state index contributed by atoms with van der Waals surface area (Å²) < 4.78 is 10.6. The average molecular weight is 461 g/mol. The predicted molar refractivity (Wildman–Crippen MR) is 130 cm³/mol. The van der Waals surface area contributed by atoms with E-state index in [9.17, 15) is 14.4 Å². The number of hydrogen-bond donors (Lipinski definition) is 2. The van der Waals surface area contributed by atoms with Gasteiger partial charge in [0.25, 0.3) is 11.8 Å². The highest BCUT2D eigenvalue weighted by molar-refractivity contribution is 5.95. The van der Waals surface area contributed by atoms with Crippen LogP contribution in [-0.2, 0) is 22.6 Å². The molecule has 34 heavy (non-hydrogen) atoms. The summed E-state index contributed by atoms with van der Waals surface area (Å²) in [6, 6.07) is 21.3. The molecule has 176 valence electrons. The summed E-state index contributed by atoms with van der Waals surface area (Å²) in [5, 5.41) is 5.62. The summed E-state index contributed by atoms with van der Waals surface area (Å²) in [5.41, 5.74) is 3.04. The molecule has 2 amide bonds. The van der Waals surface area contributed by atoms with Gasteiger partial charge in [-0.05, 0) is 60.0 Å². The number of carbonyl (C=O) groups is 3. The SMILES string of the molecule is CCCc1ccc(OCC(=O)Nc2cccc(CNC(=O)c3cccc(OC(C)=O)c3)c2)cc1. The van der Waals surface area contributed by atoms with Gasteiger partial charge < -0.3 is 20.1 Å². The molecule has 3 aromatic carbocycles. The topological polar surface area (TPSA) is 93.7 Å². The second kappa shape index (κ2) is 12.2. The van der Waals surface area contributed by atoms with Crippen LogP contribution in [0.4, 0.5) is 5.69 Å². The van der Waals surface area contributed by atoms with Crippen molar-refractivity contribution in [3.63, 3.8) is 0 Å². The van der Waals surface area contributed by atoms with Gasteiger partial charge in [0.1, 0.15) is 11.5 Å². The van der Waals surface area contributed by atoms with Crippen LogP contribution in [0.25, 0.3) is 0 Å². The van der Waals surface area contributed by atoms with Crippen molar-refractivity contribution in [2.75, 3.05) is 11.9 Å². The number of anilines is 1. The first-order valence-electron chi connectivity index (χ1n) is 11.1. The van der Waals surface area contributed by atoms with Gasteiger partial charge in [-0.15, -0.1) is 0 Å². The molecule has 0 spiro atoms. The zero-order valence-electron chi connectivity index (χ0n) is 19.3. The number of amides is 2. The summed E-state index contributed by atoms with van der Waals surface area (Å²) in [6.45, 7) is 3.59. The lowest BCUT2D eigenvalue weighted by molar-refractivity contribution is -0.131. The van der Waals surface area contributed by atoms with Gasteiger partial charge in [0.2, 0.25) is 0 Å². The van der Waals surface area contributed by atoms with E-state index in [4.69, 9.17) is 9.47 Å². The van der Waals surface area contributed by atoms with E-state index < -0.39 is 5.97 Å². The van der Waals surface area contributed by atoms with Crippen molar-refractivity contribution >= 4 is 23.5 Å². The van der Waals surface area contributed by atoms with Gasteiger partial charge in [-0.3, -0.25) is 14.4 Å². The monoisotopic (exact) mass is 460 g/mol. The molecule has 0 aromatic heterocycles. The van der Waals surface area contributed by atoms with Gasteiger partial charge in [-0.1, -0.05) is 43.7 Å². The molecule has 7 heteroatoms. The lowest BCUT2D eigenvalue weighted by atomic mass is 10.1. The Labute approximate surface area is 199 Å². The fourth-order valence-electron chi connectivity index (χ4n) is 3.30. The van der Waals surface area contributed by atoms with Crippen molar-refractivity contribution in [2.45, 2.75) is 33.2 Å². The molecular weight excluding hydrogens is 432 g/mol. The van der Waals surface area contributed by atoms with E-state index in [0.717, 1.165) is 18.4 Å². The van der Waals surface area contributed by atoms with Crippen LogP contribution in [0.15, 0.2) is 72.8 Å². The molecule has 0 atom stereocenters. The number of ether oxygens (including phenoxy) is 2. The molecule has 0 unspecified atom stereocenters. The van der Waals surface area contributed by atoms with Crippen LogP contribution >= 0.6 is 0 Å². The van der Waals surface area contributed by atoms with E-state index in [1.54, 1.807) is 36.4 Å². The van der Waals surface area contributed by atoms with Crippen molar-refractivity contribution in [1.82, 2.24) is 5.32 Å². The largest absolute Gasteiger partial charge is 0.484 e. The van der Waals surface area contributed by atoms with Crippen LogP contribution in [0.2, 0.25) is 0 Å². The molecule has 0 fully saturated rings. The number of benzene rings is 3. The third-order valence-corrected chi connectivity index (χ3v) is 4.85. The normalized spacial score (nSPS) is 10.3. The van der Waals surface area contributed by atoms with Crippen molar-refractivity contribution < 1.29 is 23.9 Å². The second-order valence-electron chi connectivity index (χ2n) is 7.74. The van der Waals surface area contributed by atoms with Crippen LogP contribution < -0.4 is 20.1 Å². The third-order valence-electron chi connectivity index (χ3n) is 4.85. The number of hydrogen-bond acceptors (Lipinski definition) is 5. The number of esters is 1. The average Bonchev–Trinajstić information content (AvgIpc) is 2.82. The van der Waals surface area contributed by atoms with Crippen molar-refractivity contribution in [3.05, 3.63) is 89.5 Å². The van der Waals surface area contributed by atoms with E-state index in [2.05, 4.69) is 17.6 Å². The highest BCUT2D eigenvalue weighted by atomic mass is 16.5. The van der Waals surface area contributed by atoms with Gasteiger partial charge >= 0.3 is 5.97 Å². The molecule has 0 aliphatic rings. The maximum Gasteiger partial charge on any atom is 0.308 e. The predicted octanol–water partition coefficient (Wildman–Crippen LogP) is 4.51. The Kier molecular flexibility index (Phi) is 8.80. The van der Waals surface area contributed by atoms with Crippen molar-refractivity contribution in [1.29, 1.82) is 0 Å². The lowest BCUT2D eigenvalue weighted by Gasteiger charge is -2.10. The number of rotatable bonds is 10. The second-order valence-corrected chi connectivity index (χ2v) is 7.74. The summed E-state index contributed by atoms with van der Waals surface area (Å²) in [6.07, 6.45) is 2.09. The molecule has 2 N–H and O–H groups in total. The first-order chi connectivity index (χ1) is 16.4. The molecule has 0 saturated heterocycles. The molecule has 0 saturated carbocycles. The minimum absolute atomic E-state index is 0.104. The van der Waals surface area contributed by atoms with Gasteiger partial charge in [0, 0.05) is 24.7 Å². The Hall–Kier alpha value is -4.13.